The summed E-state index contributed by atoms with van der Waals surface area (Å²) in [5.74, 6) is 0.804. The normalized spacial score (nSPS) is 12.1. The lowest BCUT2D eigenvalue weighted by Gasteiger charge is -2.14. The predicted octanol–water partition coefficient (Wildman–Crippen LogP) is 3.26. The molecule has 2 aromatic rings. The molecule has 3 nitrogen and oxygen atoms in total. The Morgan fingerprint density at radius 3 is 2.89 bits per heavy atom. The Hall–Kier alpha value is -1.46. The highest BCUT2D eigenvalue weighted by Crippen LogP contribution is 2.22. The summed E-state index contributed by atoms with van der Waals surface area (Å²) < 4.78 is 0. The van der Waals surface area contributed by atoms with Gasteiger partial charge in [0.15, 0.2) is 0 Å². The van der Waals surface area contributed by atoms with Crippen molar-refractivity contribution in [1.82, 2.24) is 4.98 Å². The average molecular weight is 277 g/mol. The second-order valence-corrected chi connectivity index (χ2v) is 5.55. The second-order valence-electron chi connectivity index (χ2n) is 4.13. The van der Waals surface area contributed by atoms with E-state index in [1.165, 1.54) is 4.88 Å². The summed E-state index contributed by atoms with van der Waals surface area (Å²) in [6, 6.07) is 8.15. The number of nitrogens with one attached hydrogen (secondary N) is 1. The van der Waals surface area contributed by atoms with Gasteiger partial charge in [-0.1, -0.05) is 18.3 Å². The van der Waals surface area contributed by atoms with Gasteiger partial charge in [-0.3, -0.25) is 0 Å². The van der Waals surface area contributed by atoms with E-state index in [2.05, 4.69) is 28.7 Å². The van der Waals surface area contributed by atoms with E-state index in [1.54, 1.807) is 11.3 Å². The molecule has 2 rings (SSSR count). The molecular weight excluding hydrogens is 262 g/mol. The lowest BCUT2D eigenvalue weighted by molar-refractivity contribution is 0.893. The van der Waals surface area contributed by atoms with Crippen LogP contribution in [0.4, 0.5) is 5.82 Å². The van der Waals surface area contributed by atoms with Gasteiger partial charge in [-0.05, 0) is 37.4 Å². The number of thiocarbonyl (C=S) groups is 1. The number of hydrogen-bond acceptors (Lipinski definition) is 4. The maximum atomic E-state index is 5.65. The Labute approximate surface area is 116 Å². The summed E-state index contributed by atoms with van der Waals surface area (Å²) in [6.07, 6.45) is 0. The molecule has 0 aliphatic rings. The Morgan fingerprint density at radius 2 is 2.28 bits per heavy atom. The summed E-state index contributed by atoms with van der Waals surface area (Å²) in [6.45, 7) is 4.04. The van der Waals surface area contributed by atoms with Gasteiger partial charge < -0.3 is 11.1 Å². The van der Waals surface area contributed by atoms with Crippen molar-refractivity contribution in [2.24, 2.45) is 5.73 Å². The highest BCUT2D eigenvalue weighted by Gasteiger charge is 2.08. The second kappa shape index (κ2) is 5.46. The number of pyridine rings is 1. The van der Waals surface area contributed by atoms with Gasteiger partial charge in [0.05, 0.1) is 6.04 Å². The molecule has 0 amide bonds. The monoisotopic (exact) mass is 277 g/mol. The number of anilines is 1. The fraction of sp³-hybridized carbons (Fsp3) is 0.231. The zero-order valence-electron chi connectivity index (χ0n) is 10.3. The smallest absolute Gasteiger partial charge is 0.127 e. The third-order valence-corrected chi connectivity index (χ3v) is 3.86. The zero-order valence-corrected chi connectivity index (χ0v) is 11.9. The average Bonchev–Trinajstić information content (AvgIpc) is 2.81. The number of thiophene rings is 1. The van der Waals surface area contributed by atoms with Crippen LogP contribution in [0.5, 0.6) is 0 Å². The molecular formula is C13H15N3S2. The molecule has 0 bridgehead atoms. The fourth-order valence-corrected chi connectivity index (χ4v) is 2.57. The maximum absolute atomic E-state index is 5.65. The maximum Gasteiger partial charge on any atom is 0.127 e. The van der Waals surface area contributed by atoms with Gasteiger partial charge in [0.2, 0.25) is 0 Å². The van der Waals surface area contributed by atoms with E-state index >= 15 is 0 Å². The van der Waals surface area contributed by atoms with Crippen LogP contribution in [-0.2, 0) is 0 Å². The van der Waals surface area contributed by atoms with Crippen LogP contribution >= 0.6 is 23.6 Å². The third kappa shape index (κ3) is 3.05. The number of hydrogen-bond donors (Lipinski definition) is 2. The minimum Gasteiger partial charge on any atom is -0.389 e. The van der Waals surface area contributed by atoms with E-state index in [-0.39, 0.29) is 6.04 Å². The van der Waals surface area contributed by atoms with Crippen molar-refractivity contribution in [3.8, 4) is 0 Å². The number of nitrogens with zero attached hydrogens (tertiary/aromatic N) is 1. The molecule has 2 aromatic heterocycles. The van der Waals surface area contributed by atoms with E-state index in [4.69, 9.17) is 18.0 Å². The van der Waals surface area contributed by atoms with E-state index in [0.717, 1.165) is 17.1 Å². The molecule has 0 saturated heterocycles. The standard InChI is InChI=1S/C13H15N3S2/c1-8-6-10(13(14)17)7-12(15-8)16-9(2)11-4-3-5-18-11/h3-7,9H,1-2H3,(H2,14,17)(H,15,16). The molecule has 3 N–H and O–H groups in total. The van der Waals surface area contributed by atoms with Crippen LogP contribution in [0.15, 0.2) is 29.6 Å². The van der Waals surface area contributed by atoms with Crippen LogP contribution in [0.25, 0.3) is 0 Å². The molecule has 0 fully saturated rings. The van der Waals surface area contributed by atoms with Crippen LogP contribution in [-0.4, -0.2) is 9.97 Å². The summed E-state index contributed by atoms with van der Waals surface area (Å²) >= 11 is 6.72. The molecule has 18 heavy (non-hydrogen) atoms. The van der Waals surface area contributed by atoms with E-state index < -0.39 is 0 Å². The van der Waals surface area contributed by atoms with Crippen LogP contribution in [0.2, 0.25) is 0 Å². The van der Waals surface area contributed by atoms with Gasteiger partial charge in [0.25, 0.3) is 0 Å². The zero-order chi connectivity index (χ0) is 13.1. The van der Waals surface area contributed by atoms with Crippen LogP contribution in [0.3, 0.4) is 0 Å². The van der Waals surface area contributed by atoms with Crippen molar-refractivity contribution in [3.63, 3.8) is 0 Å². The first-order valence-electron chi connectivity index (χ1n) is 5.64. The SMILES string of the molecule is Cc1cc(C(N)=S)cc(NC(C)c2cccs2)n1. The first-order valence-corrected chi connectivity index (χ1v) is 6.93. The largest absolute Gasteiger partial charge is 0.389 e. The molecule has 94 valence electrons. The van der Waals surface area contributed by atoms with Crippen LogP contribution in [0.1, 0.15) is 29.1 Å². The highest BCUT2D eigenvalue weighted by molar-refractivity contribution is 7.80. The van der Waals surface area contributed by atoms with E-state index in [1.807, 2.05) is 25.1 Å². The van der Waals surface area contributed by atoms with Gasteiger partial charge in [0, 0.05) is 16.1 Å². The fourth-order valence-electron chi connectivity index (χ4n) is 1.72. The molecule has 0 aromatic carbocycles. The topological polar surface area (TPSA) is 50.9 Å². The van der Waals surface area contributed by atoms with Gasteiger partial charge >= 0.3 is 0 Å². The quantitative estimate of drug-likeness (QED) is 0.842. The number of nitrogens with two attached hydrogens (primary N) is 1. The molecule has 0 saturated carbocycles. The van der Waals surface area contributed by atoms with Crippen molar-refractivity contribution in [1.29, 1.82) is 0 Å². The van der Waals surface area contributed by atoms with Crippen LogP contribution in [0, 0.1) is 6.92 Å². The van der Waals surface area contributed by atoms with Crippen molar-refractivity contribution in [2.75, 3.05) is 5.32 Å². The number of aromatic nitrogens is 1. The molecule has 0 aliphatic carbocycles. The summed E-state index contributed by atoms with van der Waals surface area (Å²) in [5, 5.41) is 5.43. The summed E-state index contributed by atoms with van der Waals surface area (Å²) in [4.78, 5) is 6.11. The molecule has 0 spiro atoms. The van der Waals surface area contributed by atoms with E-state index in [0.29, 0.717) is 4.99 Å². The molecule has 0 aliphatic heterocycles. The minimum absolute atomic E-state index is 0.221. The number of rotatable bonds is 4. The molecule has 1 atom stereocenters. The van der Waals surface area contributed by atoms with E-state index in [9.17, 15) is 0 Å². The van der Waals surface area contributed by atoms with Gasteiger partial charge in [-0.25, -0.2) is 4.98 Å². The molecule has 0 radical (unpaired) electrons. The first-order chi connectivity index (χ1) is 8.56. The first kappa shape index (κ1) is 13.0. The Balaban J connectivity index is 2.21. The van der Waals surface area contributed by atoms with Crippen molar-refractivity contribution >= 4 is 34.4 Å². The van der Waals surface area contributed by atoms with Crippen molar-refractivity contribution < 1.29 is 0 Å². The number of aryl methyl sites for hydroxylation is 1. The lowest BCUT2D eigenvalue weighted by atomic mass is 10.2. The summed E-state index contributed by atoms with van der Waals surface area (Å²) in [5.41, 5.74) is 7.40. The third-order valence-electron chi connectivity index (χ3n) is 2.57. The predicted molar refractivity (Wildman–Crippen MR) is 81.2 cm³/mol. The molecule has 2 heterocycles. The highest BCUT2D eigenvalue weighted by atomic mass is 32.1. The lowest BCUT2D eigenvalue weighted by Crippen LogP contribution is -2.12. The van der Waals surface area contributed by atoms with Crippen LogP contribution < -0.4 is 11.1 Å². The van der Waals surface area contributed by atoms with Crippen molar-refractivity contribution in [2.45, 2.75) is 19.9 Å². The van der Waals surface area contributed by atoms with Gasteiger partial charge in [-0.2, -0.15) is 0 Å². The molecule has 1 unspecified atom stereocenters. The molecule has 5 heteroatoms. The Morgan fingerprint density at radius 1 is 1.50 bits per heavy atom. The Kier molecular flexibility index (Phi) is 3.93. The summed E-state index contributed by atoms with van der Waals surface area (Å²) in [7, 11) is 0. The minimum atomic E-state index is 0.221. The van der Waals surface area contributed by atoms with Crippen molar-refractivity contribution in [3.05, 3.63) is 45.8 Å². The van der Waals surface area contributed by atoms with Gasteiger partial charge in [0.1, 0.15) is 10.8 Å². The Bertz CT molecular complexity index is 549. The van der Waals surface area contributed by atoms with Gasteiger partial charge in [-0.15, -0.1) is 11.3 Å².